The number of methoxy groups -OCH3 is 1. The second-order valence-electron chi connectivity index (χ2n) is 5.51. The molecular weight excluding hydrogens is 328 g/mol. The number of rotatable bonds is 5. The van der Waals surface area contributed by atoms with E-state index in [2.05, 4.69) is 9.88 Å². The molecule has 2 atom stereocenters. The van der Waals surface area contributed by atoms with E-state index < -0.39 is 10.0 Å². The van der Waals surface area contributed by atoms with Gasteiger partial charge in [-0.2, -0.15) is 4.31 Å². The first-order chi connectivity index (χ1) is 10.3. The number of hydrogen-bond acceptors (Lipinski definition) is 6. The summed E-state index contributed by atoms with van der Waals surface area (Å²) in [6.07, 6.45) is 2.24. The van der Waals surface area contributed by atoms with Crippen LogP contribution in [0.25, 0.3) is 0 Å². The molecule has 7 nitrogen and oxygen atoms in total. The predicted molar refractivity (Wildman–Crippen MR) is 85.3 cm³/mol. The van der Waals surface area contributed by atoms with Crippen LogP contribution in [0.5, 0.6) is 0 Å². The second kappa shape index (κ2) is 6.67. The third-order valence-electron chi connectivity index (χ3n) is 3.99. The SMILES string of the molecule is CO[C@H]1C[C@@H](CN(C)S(=O)(=O)c2cc(Cl)cnc2N)N(C)C1. The Morgan fingerprint density at radius 3 is 2.86 bits per heavy atom. The number of nitrogens with two attached hydrogens (primary N) is 1. The number of anilines is 1. The molecule has 0 aliphatic carbocycles. The number of sulfonamides is 1. The van der Waals surface area contributed by atoms with Crippen molar-refractivity contribution in [2.75, 3.05) is 40.0 Å². The maximum Gasteiger partial charge on any atom is 0.246 e. The standard InChI is InChI=1S/C13H21ClN4O3S/c1-17-8-11(21-3)5-10(17)7-18(2)22(19,20)12-4-9(14)6-16-13(12)15/h4,6,10-11H,5,7-8H2,1-3H3,(H2,15,16)/t10-,11-/m0/s1. The van der Waals surface area contributed by atoms with Gasteiger partial charge in [-0.3, -0.25) is 4.90 Å². The van der Waals surface area contributed by atoms with E-state index in [4.69, 9.17) is 22.1 Å². The number of likely N-dealkylation sites (N-methyl/N-ethyl adjacent to an activating group) is 2. The summed E-state index contributed by atoms with van der Waals surface area (Å²) in [4.78, 5) is 5.84. The van der Waals surface area contributed by atoms with Gasteiger partial charge in [0.05, 0.1) is 11.1 Å². The zero-order chi connectivity index (χ0) is 16.5. The van der Waals surface area contributed by atoms with Crippen LogP contribution >= 0.6 is 11.6 Å². The van der Waals surface area contributed by atoms with Crippen molar-refractivity contribution in [2.45, 2.75) is 23.5 Å². The Balaban J connectivity index is 2.18. The minimum Gasteiger partial charge on any atom is -0.383 e. The monoisotopic (exact) mass is 348 g/mol. The minimum absolute atomic E-state index is 0.0502. The molecule has 9 heteroatoms. The lowest BCUT2D eigenvalue weighted by molar-refractivity contribution is 0.111. The molecule has 2 heterocycles. The molecule has 0 saturated carbocycles. The summed E-state index contributed by atoms with van der Waals surface area (Å²) in [7, 11) is 1.42. The molecule has 1 saturated heterocycles. The lowest BCUT2D eigenvalue weighted by atomic mass is 10.2. The van der Waals surface area contributed by atoms with Gasteiger partial charge in [0.25, 0.3) is 0 Å². The van der Waals surface area contributed by atoms with Crippen molar-refractivity contribution in [1.82, 2.24) is 14.2 Å². The number of aromatic nitrogens is 1. The molecule has 0 bridgehead atoms. The number of ether oxygens (including phenoxy) is 1. The molecule has 1 aromatic rings. The Kier molecular flexibility index (Phi) is 5.29. The van der Waals surface area contributed by atoms with Crippen LogP contribution in [0.4, 0.5) is 5.82 Å². The normalized spacial score (nSPS) is 23.3. The van der Waals surface area contributed by atoms with Gasteiger partial charge in [-0.1, -0.05) is 11.6 Å². The van der Waals surface area contributed by atoms with Crippen LogP contribution in [0, 0.1) is 0 Å². The van der Waals surface area contributed by atoms with Gasteiger partial charge in [0.1, 0.15) is 10.7 Å². The molecule has 0 unspecified atom stereocenters. The quantitative estimate of drug-likeness (QED) is 0.840. The average Bonchev–Trinajstić information content (AvgIpc) is 2.81. The number of nitrogens with zero attached hydrogens (tertiary/aromatic N) is 3. The highest BCUT2D eigenvalue weighted by Crippen LogP contribution is 2.25. The van der Waals surface area contributed by atoms with Crippen molar-refractivity contribution in [2.24, 2.45) is 0 Å². The molecule has 1 aliphatic heterocycles. The Morgan fingerprint density at radius 1 is 1.59 bits per heavy atom. The highest BCUT2D eigenvalue weighted by atomic mass is 35.5. The van der Waals surface area contributed by atoms with Gasteiger partial charge < -0.3 is 10.5 Å². The van der Waals surface area contributed by atoms with E-state index in [9.17, 15) is 8.42 Å². The van der Waals surface area contributed by atoms with Gasteiger partial charge in [0.2, 0.25) is 10.0 Å². The van der Waals surface area contributed by atoms with Crippen molar-refractivity contribution in [3.05, 3.63) is 17.3 Å². The van der Waals surface area contributed by atoms with Gasteiger partial charge >= 0.3 is 0 Å². The van der Waals surface area contributed by atoms with E-state index in [0.717, 1.165) is 13.0 Å². The highest BCUT2D eigenvalue weighted by Gasteiger charge is 2.33. The van der Waals surface area contributed by atoms with Gasteiger partial charge in [-0.05, 0) is 19.5 Å². The van der Waals surface area contributed by atoms with Crippen molar-refractivity contribution < 1.29 is 13.2 Å². The molecule has 2 rings (SSSR count). The molecule has 0 amide bonds. The third kappa shape index (κ3) is 3.52. The average molecular weight is 349 g/mol. The molecule has 1 aromatic heterocycles. The first-order valence-electron chi connectivity index (χ1n) is 6.86. The molecule has 1 fully saturated rings. The van der Waals surface area contributed by atoms with E-state index in [1.54, 1.807) is 7.11 Å². The Labute approximate surface area is 136 Å². The van der Waals surface area contributed by atoms with Gasteiger partial charge in [-0.25, -0.2) is 13.4 Å². The van der Waals surface area contributed by atoms with E-state index in [-0.39, 0.29) is 27.9 Å². The zero-order valence-corrected chi connectivity index (χ0v) is 14.4. The first-order valence-corrected chi connectivity index (χ1v) is 8.68. The summed E-state index contributed by atoms with van der Waals surface area (Å²) in [6, 6.07) is 1.42. The smallest absolute Gasteiger partial charge is 0.246 e. The van der Waals surface area contributed by atoms with Crippen molar-refractivity contribution >= 4 is 27.4 Å². The van der Waals surface area contributed by atoms with Crippen LogP contribution in [-0.4, -0.2) is 69.0 Å². The van der Waals surface area contributed by atoms with Crippen LogP contribution in [0.2, 0.25) is 5.02 Å². The topological polar surface area (TPSA) is 88.8 Å². The van der Waals surface area contributed by atoms with Crippen LogP contribution in [-0.2, 0) is 14.8 Å². The number of nitrogen functional groups attached to an aromatic ring is 1. The van der Waals surface area contributed by atoms with Crippen molar-refractivity contribution in [3.63, 3.8) is 0 Å². The fraction of sp³-hybridized carbons (Fsp3) is 0.615. The fourth-order valence-corrected chi connectivity index (χ4v) is 4.13. The molecule has 0 radical (unpaired) electrons. The Hall–Kier alpha value is -0.930. The Morgan fingerprint density at radius 2 is 2.27 bits per heavy atom. The largest absolute Gasteiger partial charge is 0.383 e. The fourth-order valence-electron chi connectivity index (χ4n) is 2.61. The number of halogens is 1. The second-order valence-corrected chi connectivity index (χ2v) is 7.96. The Bertz CT molecular complexity index is 640. The summed E-state index contributed by atoms with van der Waals surface area (Å²) in [6.45, 7) is 1.14. The van der Waals surface area contributed by atoms with Crippen LogP contribution in [0.1, 0.15) is 6.42 Å². The van der Waals surface area contributed by atoms with Gasteiger partial charge in [0.15, 0.2) is 0 Å². The first kappa shape index (κ1) is 17.4. The summed E-state index contributed by atoms with van der Waals surface area (Å²) >= 11 is 5.83. The molecule has 2 N–H and O–H groups in total. The zero-order valence-electron chi connectivity index (χ0n) is 12.9. The molecule has 0 aromatic carbocycles. The van der Waals surface area contributed by atoms with Crippen molar-refractivity contribution in [3.8, 4) is 0 Å². The maximum absolute atomic E-state index is 12.6. The lowest BCUT2D eigenvalue weighted by Gasteiger charge is -2.25. The summed E-state index contributed by atoms with van der Waals surface area (Å²) in [5.74, 6) is -0.0502. The van der Waals surface area contributed by atoms with Crippen molar-refractivity contribution in [1.29, 1.82) is 0 Å². The number of hydrogen-bond donors (Lipinski definition) is 1. The van der Waals surface area contributed by atoms with Crippen LogP contribution in [0.15, 0.2) is 17.2 Å². The molecule has 22 heavy (non-hydrogen) atoms. The molecular formula is C13H21ClN4O3S. The van der Waals surface area contributed by atoms with Crippen LogP contribution < -0.4 is 5.73 Å². The molecule has 124 valence electrons. The molecule has 0 spiro atoms. The molecule has 1 aliphatic rings. The third-order valence-corrected chi connectivity index (χ3v) is 6.05. The van der Waals surface area contributed by atoms with Crippen LogP contribution in [0.3, 0.4) is 0 Å². The van der Waals surface area contributed by atoms with E-state index in [1.165, 1.54) is 23.6 Å². The highest BCUT2D eigenvalue weighted by molar-refractivity contribution is 7.89. The van der Waals surface area contributed by atoms with Gasteiger partial charge in [0, 0.05) is 39.5 Å². The number of likely N-dealkylation sites (tertiary alicyclic amines) is 1. The number of pyridine rings is 1. The van der Waals surface area contributed by atoms with E-state index in [0.29, 0.717) is 6.54 Å². The maximum atomic E-state index is 12.6. The van der Waals surface area contributed by atoms with E-state index >= 15 is 0 Å². The van der Waals surface area contributed by atoms with Gasteiger partial charge in [-0.15, -0.1) is 0 Å². The lowest BCUT2D eigenvalue weighted by Crippen LogP contribution is -2.39. The van der Waals surface area contributed by atoms with E-state index in [1.807, 2.05) is 7.05 Å². The summed E-state index contributed by atoms with van der Waals surface area (Å²) in [5, 5.41) is 0.235. The minimum atomic E-state index is -3.73. The summed E-state index contributed by atoms with van der Waals surface area (Å²) in [5.41, 5.74) is 5.69. The summed E-state index contributed by atoms with van der Waals surface area (Å²) < 4.78 is 31.9. The predicted octanol–water partition coefficient (Wildman–Crippen LogP) is 0.657.